The molecule has 0 aliphatic carbocycles. The Morgan fingerprint density at radius 1 is 1.67 bits per heavy atom. The third-order valence-electron chi connectivity index (χ3n) is 1.31. The lowest BCUT2D eigenvalue weighted by Gasteiger charge is -1.92. The SMILES string of the molecule is C[B]C1CC(=O)OC1=O. The molecule has 1 saturated heterocycles. The summed E-state index contributed by atoms with van der Waals surface area (Å²) in [7, 11) is 1.67. The number of hydrogen-bond acceptors (Lipinski definition) is 3. The highest BCUT2D eigenvalue weighted by atomic mass is 16.6. The van der Waals surface area contributed by atoms with E-state index in [1.807, 2.05) is 0 Å². The monoisotopic (exact) mass is 125 g/mol. The zero-order chi connectivity index (χ0) is 6.85. The van der Waals surface area contributed by atoms with Crippen LogP contribution in [0.15, 0.2) is 0 Å². The van der Waals surface area contributed by atoms with Crippen LogP contribution in [-0.4, -0.2) is 19.2 Å². The Morgan fingerprint density at radius 2 is 2.33 bits per heavy atom. The van der Waals surface area contributed by atoms with E-state index in [9.17, 15) is 9.59 Å². The van der Waals surface area contributed by atoms with Gasteiger partial charge in [0.15, 0.2) is 0 Å². The Hall–Kier alpha value is -0.795. The molecule has 4 heteroatoms. The van der Waals surface area contributed by atoms with Gasteiger partial charge in [-0.1, -0.05) is 6.82 Å². The van der Waals surface area contributed by atoms with E-state index in [1.54, 1.807) is 14.1 Å². The summed E-state index contributed by atoms with van der Waals surface area (Å²) in [5.74, 6) is -1.12. The fourth-order valence-corrected chi connectivity index (χ4v) is 0.746. The van der Waals surface area contributed by atoms with Gasteiger partial charge in [0.05, 0.1) is 6.42 Å². The molecule has 1 unspecified atom stereocenters. The van der Waals surface area contributed by atoms with Gasteiger partial charge in [-0.25, -0.2) is 0 Å². The van der Waals surface area contributed by atoms with Gasteiger partial charge >= 0.3 is 11.9 Å². The van der Waals surface area contributed by atoms with Crippen LogP contribution in [0.2, 0.25) is 12.6 Å². The number of rotatable bonds is 1. The van der Waals surface area contributed by atoms with Gasteiger partial charge in [-0.15, -0.1) is 0 Å². The summed E-state index contributed by atoms with van der Waals surface area (Å²) in [5.41, 5.74) is 0. The predicted octanol–water partition coefficient (Wildman–Crippen LogP) is 0.000700. The topological polar surface area (TPSA) is 43.4 Å². The van der Waals surface area contributed by atoms with Crippen LogP contribution in [0.3, 0.4) is 0 Å². The molecule has 47 valence electrons. The highest BCUT2D eigenvalue weighted by Gasteiger charge is 2.31. The van der Waals surface area contributed by atoms with E-state index in [0.717, 1.165) is 0 Å². The highest BCUT2D eigenvalue weighted by Crippen LogP contribution is 2.19. The summed E-state index contributed by atoms with van der Waals surface area (Å²) in [4.78, 5) is 20.9. The Labute approximate surface area is 53.6 Å². The van der Waals surface area contributed by atoms with E-state index in [-0.39, 0.29) is 12.2 Å². The Bertz CT molecular complexity index is 154. The molecule has 1 rings (SSSR count). The Morgan fingerprint density at radius 3 is 2.56 bits per heavy atom. The molecule has 0 aromatic carbocycles. The molecule has 3 nitrogen and oxygen atoms in total. The van der Waals surface area contributed by atoms with Gasteiger partial charge in [0.1, 0.15) is 7.28 Å². The first kappa shape index (κ1) is 6.33. The third kappa shape index (κ3) is 1.12. The first-order valence-electron chi connectivity index (χ1n) is 2.78. The van der Waals surface area contributed by atoms with Gasteiger partial charge < -0.3 is 4.74 Å². The van der Waals surface area contributed by atoms with E-state index in [0.29, 0.717) is 0 Å². The zero-order valence-corrected chi connectivity index (χ0v) is 5.09. The summed E-state index contributed by atoms with van der Waals surface area (Å²) in [6, 6.07) is 0. The van der Waals surface area contributed by atoms with Crippen molar-refractivity contribution in [2.75, 3.05) is 0 Å². The molecule has 1 fully saturated rings. The number of esters is 2. The molecule has 9 heavy (non-hydrogen) atoms. The summed E-state index contributed by atoms with van der Waals surface area (Å²) in [6.45, 7) is 1.74. The highest BCUT2D eigenvalue weighted by molar-refractivity contribution is 6.44. The van der Waals surface area contributed by atoms with Crippen molar-refractivity contribution in [3.8, 4) is 0 Å². The maximum absolute atomic E-state index is 10.5. The van der Waals surface area contributed by atoms with Gasteiger partial charge in [-0.2, -0.15) is 0 Å². The second-order valence-corrected chi connectivity index (χ2v) is 1.94. The minimum Gasteiger partial charge on any atom is -0.393 e. The lowest BCUT2D eigenvalue weighted by molar-refractivity contribution is -0.151. The fourth-order valence-electron chi connectivity index (χ4n) is 0.746. The van der Waals surface area contributed by atoms with Gasteiger partial charge in [0.2, 0.25) is 0 Å². The summed E-state index contributed by atoms with van der Waals surface area (Å²) in [6.07, 6.45) is 0.218. The first-order valence-corrected chi connectivity index (χ1v) is 2.78. The number of ether oxygens (including phenoxy) is 1. The van der Waals surface area contributed by atoms with E-state index in [2.05, 4.69) is 4.74 Å². The number of carbonyl (C=O) groups is 2. The molecule has 1 heterocycles. The molecule has 0 amide bonds. The molecule has 1 aliphatic heterocycles. The predicted molar refractivity (Wildman–Crippen MR) is 31.1 cm³/mol. The molecule has 0 bridgehead atoms. The Kier molecular flexibility index (Phi) is 1.55. The van der Waals surface area contributed by atoms with E-state index >= 15 is 0 Å². The van der Waals surface area contributed by atoms with Crippen LogP contribution in [0, 0.1) is 0 Å². The minimum absolute atomic E-state index is 0.218. The van der Waals surface area contributed by atoms with E-state index < -0.39 is 11.9 Å². The van der Waals surface area contributed by atoms with Crippen molar-refractivity contribution in [3.63, 3.8) is 0 Å². The second kappa shape index (κ2) is 2.21. The van der Waals surface area contributed by atoms with Gasteiger partial charge in [0, 0.05) is 5.82 Å². The number of cyclic esters (lactones) is 2. The molecule has 0 aromatic rings. The lowest BCUT2D eigenvalue weighted by Crippen LogP contribution is -2.05. The van der Waals surface area contributed by atoms with Crippen molar-refractivity contribution in [2.24, 2.45) is 0 Å². The van der Waals surface area contributed by atoms with Crippen molar-refractivity contribution in [3.05, 3.63) is 0 Å². The van der Waals surface area contributed by atoms with Crippen molar-refractivity contribution in [1.82, 2.24) is 0 Å². The molecular formula is C5H6BO3. The Balaban J connectivity index is 2.58. The average Bonchev–Trinajstić information content (AvgIpc) is 2.10. The van der Waals surface area contributed by atoms with Gasteiger partial charge in [-0.3, -0.25) is 9.59 Å². The maximum atomic E-state index is 10.5. The zero-order valence-electron chi connectivity index (χ0n) is 5.09. The molecule has 0 N–H and O–H groups in total. The van der Waals surface area contributed by atoms with E-state index in [4.69, 9.17) is 0 Å². The molecular weight excluding hydrogens is 119 g/mol. The van der Waals surface area contributed by atoms with Crippen LogP contribution in [0.1, 0.15) is 6.42 Å². The molecule has 0 aromatic heterocycles. The van der Waals surface area contributed by atoms with Gasteiger partial charge in [-0.05, 0) is 0 Å². The number of carbonyl (C=O) groups excluding carboxylic acids is 2. The molecule has 0 spiro atoms. The third-order valence-corrected chi connectivity index (χ3v) is 1.31. The molecule has 1 radical (unpaired) electrons. The van der Waals surface area contributed by atoms with Crippen molar-refractivity contribution in [2.45, 2.75) is 19.1 Å². The number of hydrogen-bond donors (Lipinski definition) is 0. The second-order valence-electron chi connectivity index (χ2n) is 1.94. The lowest BCUT2D eigenvalue weighted by atomic mass is 9.66. The smallest absolute Gasteiger partial charge is 0.313 e. The van der Waals surface area contributed by atoms with Crippen molar-refractivity contribution < 1.29 is 14.3 Å². The van der Waals surface area contributed by atoms with Gasteiger partial charge in [0.25, 0.3) is 0 Å². The van der Waals surface area contributed by atoms with E-state index in [1.165, 1.54) is 0 Å². The minimum atomic E-state index is -0.414. The van der Waals surface area contributed by atoms with Crippen LogP contribution in [0.25, 0.3) is 0 Å². The maximum Gasteiger partial charge on any atom is 0.313 e. The summed E-state index contributed by atoms with van der Waals surface area (Å²) >= 11 is 0. The normalized spacial score (nSPS) is 26.1. The fraction of sp³-hybridized carbons (Fsp3) is 0.600. The van der Waals surface area contributed by atoms with Crippen LogP contribution >= 0.6 is 0 Å². The first-order chi connectivity index (χ1) is 4.24. The molecule has 1 aliphatic rings. The molecule has 1 atom stereocenters. The van der Waals surface area contributed by atoms with Crippen molar-refractivity contribution >= 4 is 19.2 Å². The summed E-state index contributed by atoms with van der Waals surface area (Å²) in [5, 5.41) is 0. The van der Waals surface area contributed by atoms with Crippen LogP contribution in [0.5, 0.6) is 0 Å². The van der Waals surface area contributed by atoms with Crippen LogP contribution < -0.4 is 0 Å². The average molecular weight is 125 g/mol. The molecule has 0 saturated carbocycles. The standard InChI is InChI=1S/C5H6BO3/c1-6-3-2-4(7)9-5(3)8/h3H,2H2,1H3. The largest absolute Gasteiger partial charge is 0.393 e. The quantitative estimate of drug-likeness (QED) is 0.281. The van der Waals surface area contributed by atoms with Crippen molar-refractivity contribution in [1.29, 1.82) is 0 Å². The van der Waals surface area contributed by atoms with Crippen LogP contribution in [-0.2, 0) is 14.3 Å². The summed E-state index contributed by atoms with van der Waals surface area (Å²) < 4.78 is 4.26. The van der Waals surface area contributed by atoms with Crippen LogP contribution in [0.4, 0.5) is 0 Å².